The molecule has 26 heavy (non-hydrogen) atoms. The Morgan fingerprint density at radius 2 is 1.85 bits per heavy atom. The van der Waals surface area contributed by atoms with Gasteiger partial charge in [0.1, 0.15) is 5.82 Å². The molecule has 2 fully saturated rings. The van der Waals surface area contributed by atoms with Crippen LogP contribution >= 0.6 is 0 Å². The fourth-order valence-corrected chi connectivity index (χ4v) is 3.92. The van der Waals surface area contributed by atoms with Crippen LogP contribution in [0.3, 0.4) is 0 Å². The zero-order valence-electron chi connectivity index (χ0n) is 15.3. The maximum atomic E-state index is 12.9. The summed E-state index contributed by atoms with van der Waals surface area (Å²) in [5, 5.41) is 9.70. The molecule has 1 aromatic carbocycles. The van der Waals surface area contributed by atoms with Crippen molar-refractivity contribution in [2.24, 2.45) is 11.8 Å². The highest BCUT2D eigenvalue weighted by Gasteiger charge is 2.35. The molecule has 0 spiro atoms. The number of nitrogens with zero attached hydrogens (tertiary/aromatic N) is 2. The Labute approximate surface area is 154 Å². The van der Waals surface area contributed by atoms with Gasteiger partial charge in [-0.05, 0) is 36.5 Å². The molecule has 0 aromatic heterocycles. The summed E-state index contributed by atoms with van der Waals surface area (Å²) in [7, 11) is 0. The first-order valence-electron chi connectivity index (χ1n) is 9.59. The molecule has 144 valence electrons. The summed E-state index contributed by atoms with van der Waals surface area (Å²) < 4.78 is 18.3. The number of morpholine rings is 1. The number of aliphatic hydroxyl groups is 1. The van der Waals surface area contributed by atoms with Gasteiger partial charge in [0.2, 0.25) is 5.91 Å². The molecule has 2 aliphatic heterocycles. The lowest BCUT2D eigenvalue weighted by molar-refractivity contribution is -0.130. The number of aliphatic hydroxyl groups excluding tert-OH is 1. The topological polar surface area (TPSA) is 53.0 Å². The number of amides is 1. The van der Waals surface area contributed by atoms with Crippen LogP contribution in [0.4, 0.5) is 4.39 Å². The number of hydrogen-bond donors (Lipinski definition) is 1. The Balaban J connectivity index is 1.44. The van der Waals surface area contributed by atoms with Crippen molar-refractivity contribution in [1.29, 1.82) is 0 Å². The number of hydrogen-bond acceptors (Lipinski definition) is 4. The molecule has 2 heterocycles. The smallest absolute Gasteiger partial charge is 0.222 e. The van der Waals surface area contributed by atoms with E-state index < -0.39 is 0 Å². The maximum Gasteiger partial charge on any atom is 0.222 e. The van der Waals surface area contributed by atoms with Gasteiger partial charge in [0.05, 0.1) is 13.2 Å². The average molecular weight is 364 g/mol. The van der Waals surface area contributed by atoms with E-state index in [1.165, 1.54) is 12.1 Å². The van der Waals surface area contributed by atoms with Crippen LogP contribution in [0, 0.1) is 17.7 Å². The van der Waals surface area contributed by atoms with Crippen LogP contribution in [0.15, 0.2) is 24.3 Å². The zero-order chi connectivity index (χ0) is 18.4. The van der Waals surface area contributed by atoms with Gasteiger partial charge >= 0.3 is 0 Å². The first-order valence-corrected chi connectivity index (χ1v) is 9.59. The number of carbonyl (C=O) groups is 1. The van der Waals surface area contributed by atoms with E-state index in [1.54, 1.807) is 12.1 Å². The van der Waals surface area contributed by atoms with Gasteiger partial charge < -0.3 is 14.7 Å². The standard InChI is InChI=1S/C20H29FN2O3/c21-19-6-4-16(5-7-19)2-1-3-20(25)23-13-17(18(14-23)15-24)12-22-8-10-26-11-9-22/h4-7,17-18,24H,1-3,8-15H2/t17-,18-/m1/s1. The van der Waals surface area contributed by atoms with E-state index in [4.69, 9.17) is 4.74 Å². The van der Waals surface area contributed by atoms with E-state index in [0.29, 0.717) is 18.9 Å². The summed E-state index contributed by atoms with van der Waals surface area (Å²) >= 11 is 0. The molecule has 2 atom stereocenters. The van der Waals surface area contributed by atoms with Gasteiger partial charge in [-0.3, -0.25) is 9.69 Å². The lowest BCUT2D eigenvalue weighted by atomic mass is 9.96. The first-order chi connectivity index (χ1) is 12.7. The lowest BCUT2D eigenvalue weighted by Gasteiger charge is -2.30. The Morgan fingerprint density at radius 1 is 1.15 bits per heavy atom. The van der Waals surface area contributed by atoms with Crippen LogP contribution in [0.25, 0.3) is 0 Å². The third-order valence-electron chi connectivity index (χ3n) is 5.53. The van der Waals surface area contributed by atoms with Gasteiger partial charge in [-0.25, -0.2) is 4.39 Å². The van der Waals surface area contributed by atoms with Crippen LogP contribution in [0.2, 0.25) is 0 Å². The SMILES string of the molecule is O=C(CCCc1ccc(F)cc1)N1C[C@@H](CN2CCOCC2)[C@@H](CO)C1. The molecular weight excluding hydrogens is 335 g/mol. The third-order valence-corrected chi connectivity index (χ3v) is 5.53. The van der Waals surface area contributed by atoms with Crippen LogP contribution in [-0.2, 0) is 16.0 Å². The number of rotatable bonds is 7. The fourth-order valence-electron chi connectivity index (χ4n) is 3.92. The van der Waals surface area contributed by atoms with E-state index in [1.807, 2.05) is 4.90 Å². The Hall–Kier alpha value is -1.50. The second-order valence-corrected chi connectivity index (χ2v) is 7.39. The molecular formula is C20H29FN2O3. The van der Waals surface area contributed by atoms with Crippen LogP contribution in [0.1, 0.15) is 18.4 Å². The van der Waals surface area contributed by atoms with E-state index in [0.717, 1.165) is 57.8 Å². The normalized spacial score (nSPS) is 24.2. The summed E-state index contributed by atoms with van der Waals surface area (Å²) in [5.74, 6) is 0.427. The first kappa shape index (κ1) is 19.3. The number of ether oxygens (including phenoxy) is 1. The second kappa shape index (κ2) is 9.44. The Morgan fingerprint density at radius 3 is 2.54 bits per heavy atom. The highest BCUT2D eigenvalue weighted by atomic mass is 19.1. The van der Waals surface area contributed by atoms with Crippen molar-refractivity contribution in [2.45, 2.75) is 19.3 Å². The number of aryl methyl sites for hydroxylation is 1. The summed E-state index contributed by atoms with van der Waals surface area (Å²) in [5.41, 5.74) is 1.05. The maximum absolute atomic E-state index is 12.9. The predicted octanol–water partition coefficient (Wildman–Crippen LogP) is 1.55. The van der Waals surface area contributed by atoms with Gasteiger partial charge in [-0.2, -0.15) is 0 Å². The van der Waals surface area contributed by atoms with Crippen molar-refractivity contribution in [1.82, 2.24) is 9.80 Å². The van der Waals surface area contributed by atoms with E-state index in [2.05, 4.69) is 4.90 Å². The third kappa shape index (κ3) is 5.25. The molecule has 0 unspecified atom stereocenters. The Bertz CT molecular complexity index is 575. The van der Waals surface area contributed by atoms with Crippen molar-refractivity contribution in [3.05, 3.63) is 35.6 Å². The summed E-state index contributed by atoms with van der Waals surface area (Å²) in [6.07, 6.45) is 2.04. The van der Waals surface area contributed by atoms with Crippen LogP contribution in [-0.4, -0.2) is 73.4 Å². The molecule has 5 nitrogen and oxygen atoms in total. The van der Waals surface area contributed by atoms with Gasteiger partial charge in [-0.15, -0.1) is 0 Å². The van der Waals surface area contributed by atoms with Crippen molar-refractivity contribution in [3.8, 4) is 0 Å². The minimum atomic E-state index is -0.233. The number of carbonyl (C=O) groups excluding carboxylic acids is 1. The zero-order valence-corrected chi connectivity index (χ0v) is 15.3. The van der Waals surface area contributed by atoms with Crippen molar-refractivity contribution in [3.63, 3.8) is 0 Å². The molecule has 0 radical (unpaired) electrons. The fraction of sp³-hybridized carbons (Fsp3) is 0.650. The van der Waals surface area contributed by atoms with Crippen LogP contribution < -0.4 is 0 Å². The Kier molecular flexibility index (Phi) is 7.00. The molecule has 1 N–H and O–H groups in total. The molecule has 6 heteroatoms. The molecule has 0 bridgehead atoms. The van der Waals surface area contributed by atoms with E-state index >= 15 is 0 Å². The van der Waals surface area contributed by atoms with Gasteiger partial charge in [0.25, 0.3) is 0 Å². The number of benzene rings is 1. The minimum Gasteiger partial charge on any atom is -0.396 e. The number of halogens is 1. The predicted molar refractivity (Wildman–Crippen MR) is 97.2 cm³/mol. The van der Waals surface area contributed by atoms with Crippen molar-refractivity contribution < 1.29 is 19.0 Å². The molecule has 2 aliphatic rings. The molecule has 0 saturated carbocycles. The van der Waals surface area contributed by atoms with Gasteiger partial charge in [0.15, 0.2) is 0 Å². The monoisotopic (exact) mass is 364 g/mol. The largest absolute Gasteiger partial charge is 0.396 e. The van der Waals surface area contributed by atoms with E-state index in [-0.39, 0.29) is 24.2 Å². The van der Waals surface area contributed by atoms with Gasteiger partial charge in [-0.1, -0.05) is 12.1 Å². The van der Waals surface area contributed by atoms with Crippen molar-refractivity contribution >= 4 is 5.91 Å². The minimum absolute atomic E-state index is 0.133. The lowest BCUT2D eigenvalue weighted by Crippen LogP contribution is -2.41. The van der Waals surface area contributed by atoms with Gasteiger partial charge in [0, 0.05) is 51.7 Å². The quantitative estimate of drug-likeness (QED) is 0.798. The molecule has 1 aromatic rings. The van der Waals surface area contributed by atoms with Crippen LogP contribution in [0.5, 0.6) is 0 Å². The summed E-state index contributed by atoms with van der Waals surface area (Å²) in [6, 6.07) is 6.46. The molecule has 3 rings (SSSR count). The second-order valence-electron chi connectivity index (χ2n) is 7.39. The van der Waals surface area contributed by atoms with E-state index in [9.17, 15) is 14.3 Å². The van der Waals surface area contributed by atoms with Crippen molar-refractivity contribution in [2.75, 3.05) is 52.5 Å². The molecule has 2 saturated heterocycles. The number of likely N-dealkylation sites (tertiary alicyclic amines) is 1. The average Bonchev–Trinajstić information content (AvgIpc) is 3.07. The highest BCUT2D eigenvalue weighted by Crippen LogP contribution is 2.25. The molecule has 1 amide bonds. The molecule has 0 aliphatic carbocycles. The highest BCUT2D eigenvalue weighted by molar-refractivity contribution is 5.76. The summed E-state index contributed by atoms with van der Waals surface area (Å²) in [6.45, 7) is 5.84. The summed E-state index contributed by atoms with van der Waals surface area (Å²) in [4.78, 5) is 16.8.